The highest BCUT2D eigenvalue weighted by Gasteiger charge is 2.23. The van der Waals surface area contributed by atoms with Gasteiger partial charge in [-0.3, -0.25) is 14.9 Å². The van der Waals surface area contributed by atoms with E-state index in [2.05, 4.69) is 43.4 Å². The molecule has 0 fully saturated rings. The number of ether oxygens (including phenoxy) is 1. The van der Waals surface area contributed by atoms with E-state index in [1.165, 1.54) is 12.8 Å². The van der Waals surface area contributed by atoms with Gasteiger partial charge in [0.15, 0.2) is 0 Å². The number of rotatable bonds is 17. The van der Waals surface area contributed by atoms with Gasteiger partial charge in [-0.2, -0.15) is 0 Å². The molecule has 0 spiro atoms. The predicted molar refractivity (Wildman–Crippen MR) is 125 cm³/mol. The van der Waals surface area contributed by atoms with Crippen LogP contribution in [0.25, 0.3) is 0 Å². The van der Waals surface area contributed by atoms with Crippen molar-refractivity contribution in [2.75, 3.05) is 6.54 Å². The van der Waals surface area contributed by atoms with Crippen LogP contribution < -0.4 is 0 Å². The fourth-order valence-corrected chi connectivity index (χ4v) is 3.14. The van der Waals surface area contributed by atoms with Gasteiger partial charge in [-0.25, -0.2) is 0 Å². The molecule has 0 aromatic heterocycles. The van der Waals surface area contributed by atoms with Crippen LogP contribution in [-0.4, -0.2) is 23.0 Å². The van der Waals surface area contributed by atoms with Gasteiger partial charge in [0.2, 0.25) is 6.54 Å². The molecule has 0 amide bonds. The van der Waals surface area contributed by atoms with Gasteiger partial charge in [0, 0.05) is 10.8 Å². The molecule has 0 saturated carbocycles. The van der Waals surface area contributed by atoms with Crippen molar-refractivity contribution in [2.45, 2.75) is 104 Å². The van der Waals surface area contributed by atoms with Gasteiger partial charge in [0.1, 0.15) is 5.60 Å². The number of allylic oxidation sites excluding steroid dienone is 6. The van der Waals surface area contributed by atoms with Gasteiger partial charge in [-0.05, 0) is 59.3 Å². The fourth-order valence-electron chi connectivity index (χ4n) is 3.14. The normalized spacial score (nSPS) is 13.5. The molecule has 1 unspecified atom stereocenters. The Bertz CT molecular complexity index is 544. The van der Waals surface area contributed by atoms with Crippen LogP contribution in [0, 0.1) is 16.0 Å². The monoisotopic (exact) mass is 421 g/mol. The lowest BCUT2D eigenvalue weighted by Gasteiger charge is -2.21. The summed E-state index contributed by atoms with van der Waals surface area (Å²) in [5.41, 5.74) is -0.549. The summed E-state index contributed by atoms with van der Waals surface area (Å²) in [6.45, 7) is 7.42. The first kappa shape index (κ1) is 28.1. The highest BCUT2D eigenvalue weighted by molar-refractivity contribution is 5.70. The van der Waals surface area contributed by atoms with Crippen molar-refractivity contribution >= 4 is 5.97 Å². The number of nitro groups is 1. The zero-order valence-electron chi connectivity index (χ0n) is 19.6. The molecule has 172 valence electrons. The maximum absolute atomic E-state index is 12.0. The van der Waals surface area contributed by atoms with E-state index in [-0.39, 0.29) is 29.8 Å². The van der Waals surface area contributed by atoms with E-state index < -0.39 is 5.60 Å². The standard InChI is InChI=1S/C25H43NO4/c1-5-6-7-8-9-10-11-12-13-14-15-16-17-18-19-20-23(22-26(28)29)21-24(27)30-25(2,3)4/h6-7,9-10,12-13,23H,5,8,11,14-22H2,1-4H3/b7-6+,10-9+,13-12+. The van der Waals surface area contributed by atoms with Crippen molar-refractivity contribution in [3.8, 4) is 0 Å². The minimum Gasteiger partial charge on any atom is -0.460 e. The predicted octanol–water partition coefficient (Wildman–Crippen LogP) is 7.20. The highest BCUT2D eigenvalue weighted by Crippen LogP contribution is 2.18. The number of nitrogens with zero attached hydrogens (tertiary/aromatic N) is 1. The summed E-state index contributed by atoms with van der Waals surface area (Å²) < 4.78 is 5.30. The summed E-state index contributed by atoms with van der Waals surface area (Å²) in [6.07, 6.45) is 23.8. The first-order valence-corrected chi connectivity index (χ1v) is 11.5. The molecule has 0 bridgehead atoms. The molecule has 0 N–H and O–H groups in total. The molecule has 5 nitrogen and oxygen atoms in total. The Morgan fingerprint density at radius 3 is 2.10 bits per heavy atom. The molecule has 5 heteroatoms. The summed E-state index contributed by atoms with van der Waals surface area (Å²) >= 11 is 0. The zero-order chi connectivity index (χ0) is 22.7. The van der Waals surface area contributed by atoms with E-state index in [0.717, 1.165) is 44.9 Å². The quantitative estimate of drug-likeness (QED) is 0.0818. The lowest BCUT2D eigenvalue weighted by Crippen LogP contribution is -2.27. The lowest BCUT2D eigenvalue weighted by atomic mass is 9.97. The fraction of sp³-hybridized carbons (Fsp3) is 0.720. The van der Waals surface area contributed by atoms with Gasteiger partial charge in [0.05, 0.1) is 6.42 Å². The van der Waals surface area contributed by atoms with Crippen LogP contribution in [0.15, 0.2) is 36.5 Å². The molecular weight excluding hydrogens is 378 g/mol. The Balaban J connectivity index is 3.83. The van der Waals surface area contributed by atoms with Crippen LogP contribution >= 0.6 is 0 Å². The number of carbonyl (C=O) groups is 1. The van der Waals surface area contributed by atoms with Crippen molar-refractivity contribution in [1.82, 2.24) is 0 Å². The van der Waals surface area contributed by atoms with Gasteiger partial charge >= 0.3 is 5.97 Å². The molecular formula is C25H43NO4. The van der Waals surface area contributed by atoms with Gasteiger partial charge in [-0.1, -0.05) is 69.1 Å². The Hall–Kier alpha value is -1.91. The molecule has 0 heterocycles. The third kappa shape index (κ3) is 20.8. The summed E-state index contributed by atoms with van der Waals surface area (Å²) in [4.78, 5) is 22.5. The number of esters is 1. The van der Waals surface area contributed by atoms with Crippen LogP contribution in [0.4, 0.5) is 0 Å². The average molecular weight is 422 g/mol. The first-order chi connectivity index (χ1) is 14.2. The maximum atomic E-state index is 12.0. The van der Waals surface area contributed by atoms with Gasteiger partial charge in [-0.15, -0.1) is 0 Å². The van der Waals surface area contributed by atoms with Crippen molar-refractivity contribution in [2.24, 2.45) is 5.92 Å². The Morgan fingerprint density at radius 1 is 0.933 bits per heavy atom. The van der Waals surface area contributed by atoms with E-state index in [4.69, 9.17) is 4.74 Å². The minimum absolute atomic E-state index is 0.131. The van der Waals surface area contributed by atoms with E-state index >= 15 is 0 Å². The number of hydrogen-bond acceptors (Lipinski definition) is 4. The van der Waals surface area contributed by atoms with Crippen molar-refractivity contribution in [3.05, 3.63) is 46.6 Å². The third-order valence-electron chi connectivity index (χ3n) is 4.55. The van der Waals surface area contributed by atoms with E-state index in [1.807, 2.05) is 20.8 Å². The van der Waals surface area contributed by atoms with Crippen LogP contribution in [-0.2, 0) is 9.53 Å². The average Bonchev–Trinajstić information content (AvgIpc) is 2.62. The number of unbranched alkanes of at least 4 members (excludes halogenated alkanes) is 5. The molecule has 0 rings (SSSR count). The zero-order valence-corrected chi connectivity index (χ0v) is 19.6. The second kappa shape index (κ2) is 17.9. The smallest absolute Gasteiger partial charge is 0.306 e. The third-order valence-corrected chi connectivity index (χ3v) is 4.55. The Kier molecular flexibility index (Phi) is 16.8. The summed E-state index contributed by atoms with van der Waals surface area (Å²) in [5, 5.41) is 10.9. The van der Waals surface area contributed by atoms with E-state index in [1.54, 1.807) is 0 Å². The number of carbonyl (C=O) groups excluding carboxylic acids is 1. The molecule has 0 aliphatic rings. The molecule has 0 aliphatic carbocycles. The lowest BCUT2D eigenvalue weighted by molar-refractivity contribution is -0.488. The largest absolute Gasteiger partial charge is 0.460 e. The molecule has 0 aliphatic heterocycles. The highest BCUT2D eigenvalue weighted by atomic mass is 16.6. The SMILES string of the molecule is CC/C=C/C/C=C/C/C=C/CCCCCCCC(CC(=O)OC(C)(C)C)C[N+](=O)[O-]. The van der Waals surface area contributed by atoms with Crippen LogP contribution in [0.2, 0.25) is 0 Å². The topological polar surface area (TPSA) is 69.4 Å². The summed E-state index contributed by atoms with van der Waals surface area (Å²) in [6, 6.07) is 0. The Labute approximate surface area is 183 Å². The van der Waals surface area contributed by atoms with Gasteiger partial charge < -0.3 is 4.74 Å². The molecule has 0 aromatic rings. The van der Waals surface area contributed by atoms with Crippen LogP contribution in [0.5, 0.6) is 0 Å². The van der Waals surface area contributed by atoms with Crippen molar-refractivity contribution < 1.29 is 14.5 Å². The van der Waals surface area contributed by atoms with E-state index in [9.17, 15) is 14.9 Å². The first-order valence-electron chi connectivity index (χ1n) is 11.5. The van der Waals surface area contributed by atoms with Crippen molar-refractivity contribution in [1.29, 1.82) is 0 Å². The van der Waals surface area contributed by atoms with Gasteiger partial charge in [0.25, 0.3) is 0 Å². The molecule has 0 aromatic carbocycles. The minimum atomic E-state index is -0.549. The summed E-state index contributed by atoms with van der Waals surface area (Å²) in [7, 11) is 0. The molecule has 0 saturated heterocycles. The van der Waals surface area contributed by atoms with E-state index in [0.29, 0.717) is 6.42 Å². The molecule has 30 heavy (non-hydrogen) atoms. The maximum Gasteiger partial charge on any atom is 0.306 e. The van der Waals surface area contributed by atoms with Crippen LogP contribution in [0.1, 0.15) is 98.3 Å². The molecule has 0 radical (unpaired) electrons. The second-order valence-corrected chi connectivity index (χ2v) is 8.81. The number of hydrogen-bond donors (Lipinski definition) is 0. The second-order valence-electron chi connectivity index (χ2n) is 8.81. The van der Waals surface area contributed by atoms with Crippen LogP contribution in [0.3, 0.4) is 0 Å². The Morgan fingerprint density at radius 2 is 1.50 bits per heavy atom. The summed E-state index contributed by atoms with van der Waals surface area (Å²) in [5.74, 6) is -0.572. The van der Waals surface area contributed by atoms with Crippen molar-refractivity contribution in [3.63, 3.8) is 0 Å². The molecule has 1 atom stereocenters.